The van der Waals surface area contributed by atoms with E-state index in [1.165, 1.54) is 18.5 Å². The Balaban J connectivity index is 1.51. The fraction of sp³-hybridized carbons (Fsp3) is 0.320. The molecule has 7 heteroatoms. The molecule has 166 valence electrons. The van der Waals surface area contributed by atoms with E-state index in [2.05, 4.69) is 9.97 Å². The summed E-state index contributed by atoms with van der Waals surface area (Å²) in [6.45, 7) is 2.47. The van der Waals surface area contributed by atoms with Crippen molar-refractivity contribution in [3.63, 3.8) is 0 Å². The summed E-state index contributed by atoms with van der Waals surface area (Å²) in [5.41, 5.74) is 2.81. The van der Waals surface area contributed by atoms with Gasteiger partial charge in [-0.3, -0.25) is 0 Å². The van der Waals surface area contributed by atoms with Crippen LogP contribution >= 0.6 is 0 Å². The van der Waals surface area contributed by atoms with Crippen molar-refractivity contribution in [1.29, 1.82) is 0 Å². The van der Waals surface area contributed by atoms with E-state index in [1.54, 1.807) is 29.4 Å². The maximum absolute atomic E-state index is 13.4. The summed E-state index contributed by atoms with van der Waals surface area (Å²) in [4.78, 5) is 22.9. The first kappa shape index (κ1) is 21.9. The number of cyclic esters (lactones) is 1. The lowest BCUT2D eigenvalue weighted by Gasteiger charge is -2.43. The van der Waals surface area contributed by atoms with E-state index in [0.717, 1.165) is 22.3 Å². The molecule has 1 fully saturated rings. The Morgan fingerprint density at radius 2 is 1.78 bits per heavy atom. The van der Waals surface area contributed by atoms with Gasteiger partial charge in [0.15, 0.2) is 0 Å². The molecule has 1 aliphatic heterocycles. The van der Waals surface area contributed by atoms with Gasteiger partial charge in [0.25, 0.3) is 0 Å². The molecule has 3 aromatic rings. The van der Waals surface area contributed by atoms with Crippen molar-refractivity contribution >= 4 is 6.09 Å². The summed E-state index contributed by atoms with van der Waals surface area (Å²) in [5, 5.41) is 9.34. The predicted molar refractivity (Wildman–Crippen MR) is 118 cm³/mol. The number of aliphatic hydroxyl groups excluding tert-OH is 1. The molecule has 2 aromatic carbocycles. The van der Waals surface area contributed by atoms with Crippen molar-refractivity contribution in [1.82, 2.24) is 14.9 Å². The van der Waals surface area contributed by atoms with Crippen LogP contribution in [0.5, 0.6) is 0 Å². The molecule has 6 nitrogen and oxygen atoms in total. The van der Waals surface area contributed by atoms with Crippen LogP contribution in [-0.2, 0) is 10.3 Å². The van der Waals surface area contributed by atoms with Crippen molar-refractivity contribution < 1.29 is 19.0 Å². The molecular formula is C25H26FN3O3. The van der Waals surface area contributed by atoms with E-state index in [9.17, 15) is 14.3 Å². The van der Waals surface area contributed by atoms with Gasteiger partial charge in [-0.2, -0.15) is 0 Å². The van der Waals surface area contributed by atoms with Crippen LogP contribution in [0.3, 0.4) is 0 Å². The Labute approximate surface area is 186 Å². The number of carbonyl (C=O) groups excluding carboxylic acids is 1. The fourth-order valence-electron chi connectivity index (χ4n) is 4.24. The van der Waals surface area contributed by atoms with E-state index in [1.807, 2.05) is 31.2 Å². The number of rotatable bonds is 7. The molecule has 1 N–H and O–H groups in total. The van der Waals surface area contributed by atoms with Crippen molar-refractivity contribution in [2.75, 3.05) is 13.2 Å². The largest absolute Gasteiger partial charge is 0.438 e. The van der Waals surface area contributed by atoms with Crippen molar-refractivity contribution in [2.45, 2.75) is 37.8 Å². The quantitative estimate of drug-likeness (QED) is 0.574. The summed E-state index contributed by atoms with van der Waals surface area (Å²) in [6.07, 6.45) is 6.14. The SMILES string of the molecule is C[C@@H](c1ccc(-c2cncnc2)cc1)N1CCC(CCCO)(c2ccc(F)cc2)OC1=O. The lowest BCUT2D eigenvalue weighted by atomic mass is 9.84. The molecule has 4 rings (SSSR count). The second kappa shape index (κ2) is 9.44. The minimum Gasteiger partial charge on any atom is -0.438 e. The molecule has 1 amide bonds. The summed E-state index contributed by atoms with van der Waals surface area (Å²) in [5.74, 6) is -0.339. The molecule has 2 heterocycles. The number of amides is 1. The molecule has 1 aliphatic rings. The maximum atomic E-state index is 13.4. The Morgan fingerprint density at radius 1 is 1.09 bits per heavy atom. The average molecular weight is 435 g/mol. The van der Waals surface area contributed by atoms with Crippen molar-refractivity contribution in [3.05, 3.63) is 84.2 Å². The molecule has 1 saturated heterocycles. The molecule has 0 bridgehead atoms. The van der Waals surface area contributed by atoms with Gasteiger partial charge < -0.3 is 14.7 Å². The number of nitrogens with zero attached hydrogens (tertiary/aromatic N) is 3. The normalized spacial score (nSPS) is 19.5. The van der Waals surface area contributed by atoms with E-state index in [-0.39, 0.29) is 18.5 Å². The molecule has 0 radical (unpaired) electrons. The minimum atomic E-state index is -0.860. The predicted octanol–water partition coefficient (Wildman–Crippen LogP) is 4.85. The molecule has 1 aromatic heterocycles. The van der Waals surface area contributed by atoms with E-state index < -0.39 is 11.7 Å². The zero-order chi connectivity index (χ0) is 22.6. The maximum Gasteiger partial charge on any atom is 0.411 e. The molecule has 0 saturated carbocycles. The van der Waals surface area contributed by atoms with Crippen LogP contribution in [-0.4, -0.2) is 39.2 Å². The van der Waals surface area contributed by atoms with Gasteiger partial charge in [0.2, 0.25) is 0 Å². The molecule has 2 atom stereocenters. The first-order chi connectivity index (χ1) is 15.5. The number of hydrogen-bond donors (Lipinski definition) is 1. The van der Waals surface area contributed by atoms with Gasteiger partial charge in [0, 0.05) is 37.5 Å². The van der Waals surface area contributed by atoms with Crippen LogP contribution in [0.25, 0.3) is 11.1 Å². The Kier molecular flexibility index (Phi) is 6.46. The average Bonchev–Trinajstić information content (AvgIpc) is 2.83. The highest BCUT2D eigenvalue weighted by Gasteiger charge is 2.43. The number of aromatic nitrogens is 2. The third-order valence-electron chi connectivity index (χ3n) is 6.14. The third-order valence-corrected chi connectivity index (χ3v) is 6.14. The second-order valence-corrected chi connectivity index (χ2v) is 8.06. The number of aliphatic hydroxyl groups is 1. The highest BCUT2D eigenvalue weighted by atomic mass is 19.1. The van der Waals surface area contributed by atoms with Crippen LogP contribution < -0.4 is 0 Å². The lowest BCUT2D eigenvalue weighted by Crippen LogP contribution is -2.48. The number of benzene rings is 2. The van der Waals surface area contributed by atoms with Crippen LogP contribution in [0.2, 0.25) is 0 Å². The van der Waals surface area contributed by atoms with Gasteiger partial charge in [-0.1, -0.05) is 36.4 Å². The highest BCUT2D eigenvalue weighted by Crippen LogP contribution is 2.40. The number of hydrogen-bond acceptors (Lipinski definition) is 5. The van der Waals surface area contributed by atoms with Crippen LogP contribution in [0, 0.1) is 5.82 Å². The van der Waals surface area contributed by atoms with Gasteiger partial charge in [0.05, 0.1) is 6.04 Å². The molecular weight excluding hydrogens is 409 g/mol. The summed E-state index contributed by atoms with van der Waals surface area (Å²) >= 11 is 0. The topological polar surface area (TPSA) is 75.6 Å². The number of ether oxygens (including phenoxy) is 1. The Bertz CT molecular complexity index is 1040. The zero-order valence-corrected chi connectivity index (χ0v) is 17.9. The van der Waals surface area contributed by atoms with Crippen LogP contribution in [0.4, 0.5) is 9.18 Å². The van der Waals surface area contributed by atoms with E-state index in [0.29, 0.717) is 25.8 Å². The summed E-state index contributed by atoms with van der Waals surface area (Å²) in [7, 11) is 0. The molecule has 32 heavy (non-hydrogen) atoms. The summed E-state index contributed by atoms with van der Waals surface area (Å²) in [6, 6.07) is 13.9. The van der Waals surface area contributed by atoms with Gasteiger partial charge in [-0.05, 0) is 48.6 Å². The first-order valence-corrected chi connectivity index (χ1v) is 10.7. The third kappa shape index (κ3) is 4.48. The molecule has 1 unspecified atom stereocenters. The second-order valence-electron chi connectivity index (χ2n) is 8.06. The standard InChI is InChI=1S/C25H26FN3O3/c1-18(19-3-5-20(6-4-19)21-15-27-17-28-16-21)29-13-12-25(11-2-14-30,32-24(29)31)22-7-9-23(26)10-8-22/h3-10,15-18,30H,2,11-14H2,1H3/t18-,25?/m0/s1. The molecule has 0 spiro atoms. The van der Waals surface area contributed by atoms with Crippen LogP contribution in [0.15, 0.2) is 67.3 Å². The van der Waals surface area contributed by atoms with Gasteiger partial charge in [-0.25, -0.2) is 19.2 Å². The molecule has 0 aliphatic carbocycles. The van der Waals surface area contributed by atoms with Gasteiger partial charge >= 0.3 is 6.09 Å². The van der Waals surface area contributed by atoms with Crippen molar-refractivity contribution in [3.8, 4) is 11.1 Å². The summed E-state index contributed by atoms with van der Waals surface area (Å²) < 4.78 is 19.4. The zero-order valence-electron chi connectivity index (χ0n) is 17.9. The monoisotopic (exact) mass is 435 g/mol. The number of halogens is 1. The fourth-order valence-corrected chi connectivity index (χ4v) is 4.24. The van der Waals surface area contributed by atoms with E-state index in [4.69, 9.17) is 4.74 Å². The van der Waals surface area contributed by atoms with Crippen molar-refractivity contribution in [2.24, 2.45) is 0 Å². The smallest absolute Gasteiger partial charge is 0.411 e. The minimum absolute atomic E-state index is 0.000580. The van der Waals surface area contributed by atoms with Gasteiger partial charge in [0.1, 0.15) is 17.7 Å². The number of carbonyl (C=O) groups is 1. The Morgan fingerprint density at radius 3 is 2.41 bits per heavy atom. The Hall–Kier alpha value is -3.32. The van der Waals surface area contributed by atoms with E-state index >= 15 is 0 Å². The van der Waals surface area contributed by atoms with Gasteiger partial charge in [-0.15, -0.1) is 0 Å². The van der Waals surface area contributed by atoms with Crippen LogP contribution in [0.1, 0.15) is 43.4 Å². The first-order valence-electron chi connectivity index (χ1n) is 10.7. The lowest BCUT2D eigenvalue weighted by molar-refractivity contribution is -0.0680. The highest BCUT2D eigenvalue weighted by molar-refractivity contribution is 5.70.